The van der Waals surface area contributed by atoms with Crippen LogP contribution in [0.4, 0.5) is 4.79 Å². The fourth-order valence-corrected chi connectivity index (χ4v) is 3.09. The van der Waals surface area contributed by atoms with Crippen molar-refractivity contribution < 1.29 is 9.59 Å². The maximum absolute atomic E-state index is 11.4. The first-order chi connectivity index (χ1) is 6.71. The van der Waals surface area contributed by atoms with Crippen LogP contribution >= 0.6 is 0 Å². The highest BCUT2D eigenvalue weighted by Gasteiger charge is 2.55. The zero-order valence-electron chi connectivity index (χ0n) is 8.08. The molecule has 1 aliphatic heterocycles. The Bertz CT molecular complexity index is 304. The van der Waals surface area contributed by atoms with Gasteiger partial charge in [-0.2, -0.15) is 0 Å². The van der Waals surface area contributed by atoms with E-state index >= 15 is 0 Å². The van der Waals surface area contributed by atoms with E-state index in [2.05, 4.69) is 5.32 Å². The van der Waals surface area contributed by atoms with Gasteiger partial charge in [-0.25, -0.2) is 4.79 Å². The number of rotatable bonds is 1. The van der Waals surface area contributed by atoms with Gasteiger partial charge < -0.3 is 4.90 Å². The van der Waals surface area contributed by atoms with Crippen molar-refractivity contribution in [2.45, 2.75) is 38.1 Å². The Morgan fingerprint density at radius 3 is 2.43 bits per heavy atom. The van der Waals surface area contributed by atoms with E-state index in [9.17, 15) is 9.59 Å². The van der Waals surface area contributed by atoms with Crippen LogP contribution in [-0.2, 0) is 4.79 Å². The normalized spacial score (nSPS) is 34.0. The molecule has 1 spiro atoms. The molecule has 0 radical (unpaired) electrons. The topological polar surface area (TPSA) is 49.4 Å². The lowest BCUT2D eigenvalue weighted by Gasteiger charge is -2.58. The van der Waals surface area contributed by atoms with Gasteiger partial charge in [-0.05, 0) is 31.1 Å². The van der Waals surface area contributed by atoms with Crippen molar-refractivity contribution in [2.75, 3.05) is 6.54 Å². The Morgan fingerprint density at radius 1 is 1.29 bits per heavy atom. The lowest BCUT2D eigenvalue weighted by molar-refractivity contribution is -0.120. The first-order valence-electron chi connectivity index (χ1n) is 5.32. The van der Waals surface area contributed by atoms with Gasteiger partial charge in [0.15, 0.2) is 0 Å². The Morgan fingerprint density at radius 2 is 2.07 bits per heavy atom. The Labute approximate surface area is 82.6 Å². The third kappa shape index (κ3) is 0.885. The van der Waals surface area contributed by atoms with Gasteiger partial charge in [0.25, 0.3) is 0 Å². The number of hydrogen-bond acceptors (Lipinski definition) is 2. The summed E-state index contributed by atoms with van der Waals surface area (Å²) in [5.41, 5.74) is 0.405. The average molecular weight is 194 g/mol. The third-order valence-electron chi connectivity index (χ3n) is 4.17. The maximum atomic E-state index is 11.4. The molecular formula is C10H14N2O2. The number of nitrogens with zero attached hydrogens (tertiary/aromatic N) is 1. The highest BCUT2D eigenvalue weighted by atomic mass is 16.2. The molecule has 1 saturated heterocycles. The molecule has 76 valence electrons. The summed E-state index contributed by atoms with van der Waals surface area (Å²) in [6.45, 7) is 0.283. The molecule has 0 aromatic heterocycles. The molecule has 3 rings (SSSR count). The Balaban J connectivity index is 1.77. The fourth-order valence-electron chi connectivity index (χ4n) is 3.09. The summed E-state index contributed by atoms with van der Waals surface area (Å²) < 4.78 is 0. The van der Waals surface area contributed by atoms with E-state index in [1.165, 1.54) is 25.7 Å². The highest BCUT2D eigenvalue weighted by Crippen LogP contribution is 2.57. The van der Waals surface area contributed by atoms with Crippen LogP contribution in [0.5, 0.6) is 0 Å². The van der Waals surface area contributed by atoms with Gasteiger partial charge in [0.2, 0.25) is 5.91 Å². The van der Waals surface area contributed by atoms with E-state index in [1.54, 1.807) is 4.90 Å². The third-order valence-corrected chi connectivity index (χ3v) is 4.17. The minimum Gasteiger partial charge on any atom is -0.312 e. The van der Waals surface area contributed by atoms with Gasteiger partial charge in [0.05, 0.1) is 0 Å². The van der Waals surface area contributed by atoms with Crippen LogP contribution in [0, 0.1) is 5.41 Å². The fraction of sp³-hybridized carbons (Fsp3) is 0.800. The molecule has 2 aliphatic carbocycles. The molecule has 3 fully saturated rings. The second-order valence-electron chi connectivity index (χ2n) is 4.75. The number of urea groups is 1. The molecular weight excluding hydrogens is 180 g/mol. The summed E-state index contributed by atoms with van der Waals surface area (Å²) in [4.78, 5) is 24.2. The van der Waals surface area contributed by atoms with E-state index in [0.717, 1.165) is 6.42 Å². The molecule has 1 heterocycles. The number of amides is 3. The standard InChI is InChI=1S/C10H14N2O2/c13-8-6-12(9(14)11-8)7-2-5-10(7)3-1-4-10/h7H,1-6H2,(H,11,13,14). The second kappa shape index (κ2) is 2.49. The molecule has 1 N–H and O–H groups in total. The minimum absolute atomic E-state index is 0.142. The molecule has 0 aromatic rings. The first-order valence-corrected chi connectivity index (χ1v) is 5.32. The lowest BCUT2D eigenvalue weighted by atomic mass is 9.52. The number of hydrogen-bond donors (Lipinski definition) is 1. The largest absolute Gasteiger partial charge is 0.324 e. The van der Waals surface area contributed by atoms with Gasteiger partial charge in [-0.3, -0.25) is 10.1 Å². The van der Waals surface area contributed by atoms with Gasteiger partial charge in [-0.15, -0.1) is 0 Å². The highest BCUT2D eigenvalue weighted by molar-refractivity contribution is 6.02. The Kier molecular flexibility index (Phi) is 1.47. The number of imide groups is 1. The predicted molar refractivity (Wildman–Crippen MR) is 49.6 cm³/mol. The molecule has 3 aliphatic rings. The smallest absolute Gasteiger partial charge is 0.312 e. The van der Waals surface area contributed by atoms with E-state index in [4.69, 9.17) is 0 Å². The molecule has 1 atom stereocenters. The lowest BCUT2D eigenvalue weighted by Crippen LogP contribution is -2.59. The van der Waals surface area contributed by atoms with Gasteiger partial charge >= 0.3 is 6.03 Å². The maximum Gasteiger partial charge on any atom is 0.324 e. The minimum atomic E-state index is -0.175. The van der Waals surface area contributed by atoms with Gasteiger partial charge in [0, 0.05) is 6.04 Å². The van der Waals surface area contributed by atoms with Crippen molar-refractivity contribution in [2.24, 2.45) is 5.41 Å². The zero-order chi connectivity index (χ0) is 9.76. The summed E-state index contributed by atoms with van der Waals surface area (Å²) in [5, 5.41) is 2.35. The summed E-state index contributed by atoms with van der Waals surface area (Å²) in [6, 6.07) is 0.175. The van der Waals surface area contributed by atoms with E-state index in [0.29, 0.717) is 11.5 Å². The quantitative estimate of drug-likeness (QED) is 0.630. The van der Waals surface area contributed by atoms with Crippen molar-refractivity contribution in [1.29, 1.82) is 0 Å². The Hall–Kier alpha value is -1.06. The predicted octanol–water partition coefficient (Wildman–Crippen LogP) is 0.871. The van der Waals surface area contributed by atoms with E-state index in [-0.39, 0.29) is 18.5 Å². The summed E-state index contributed by atoms with van der Waals surface area (Å²) in [7, 11) is 0. The average Bonchev–Trinajstić information content (AvgIpc) is 2.25. The number of carbonyl (C=O) groups is 2. The zero-order valence-corrected chi connectivity index (χ0v) is 8.08. The molecule has 3 amide bonds. The molecule has 1 unspecified atom stereocenters. The summed E-state index contributed by atoms with van der Waals surface area (Å²) >= 11 is 0. The SMILES string of the molecule is O=C1CN(C2CCC23CCC3)C(=O)N1. The monoisotopic (exact) mass is 194 g/mol. The molecule has 4 heteroatoms. The number of carbonyl (C=O) groups excluding carboxylic acids is 2. The van der Waals surface area contributed by atoms with Gasteiger partial charge in [0.1, 0.15) is 6.54 Å². The molecule has 4 nitrogen and oxygen atoms in total. The van der Waals surface area contributed by atoms with Crippen molar-refractivity contribution in [3.63, 3.8) is 0 Å². The first kappa shape index (κ1) is 8.26. The van der Waals surface area contributed by atoms with Crippen LogP contribution in [0.3, 0.4) is 0 Å². The van der Waals surface area contributed by atoms with Gasteiger partial charge in [-0.1, -0.05) is 6.42 Å². The summed E-state index contributed by atoms with van der Waals surface area (Å²) in [6.07, 6.45) is 6.11. The van der Waals surface area contributed by atoms with Crippen LogP contribution in [0.1, 0.15) is 32.1 Å². The number of nitrogens with one attached hydrogen (secondary N) is 1. The van der Waals surface area contributed by atoms with E-state index < -0.39 is 0 Å². The van der Waals surface area contributed by atoms with Crippen LogP contribution in [-0.4, -0.2) is 29.4 Å². The van der Waals surface area contributed by atoms with E-state index in [1.807, 2.05) is 0 Å². The van der Waals surface area contributed by atoms with Crippen molar-refractivity contribution in [3.8, 4) is 0 Å². The molecule has 0 bridgehead atoms. The van der Waals surface area contributed by atoms with Crippen LogP contribution in [0.25, 0.3) is 0 Å². The van der Waals surface area contributed by atoms with Crippen LogP contribution < -0.4 is 5.32 Å². The summed E-state index contributed by atoms with van der Waals surface area (Å²) in [5.74, 6) is -0.142. The van der Waals surface area contributed by atoms with Crippen LogP contribution in [0.2, 0.25) is 0 Å². The second-order valence-corrected chi connectivity index (χ2v) is 4.75. The van der Waals surface area contributed by atoms with Crippen molar-refractivity contribution in [1.82, 2.24) is 10.2 Å². The van der Waals surface area contributed by atoms with Crippen molar-refractivity contribution >= 4 is 11.9 Å². The van der Waals surface area contributed by atoms with Crippen LogP contribution in [0.15, 0.2) is 0 Å². The van der Waals surface area contributed by atoms with Crippen molar-refractivity contribution in [3.05, 3.63) is 0 Å². The molecule has 14 heavy (non-hydrogen) atoms. The molecule has 2 saturated carbocycles. The molecule has 0 aromatic carbocycles.